The highest BCUT2D eigenvalue weighted by Gasteiger charge is 2.60. The molecule has 1 saturated carbocycles. The summed E-state index contributed by atoms with van der Waals surface area (Å²) in [5.74, 6) is -0.527. The molecule has 1 aliphatic carbocycles. The molecule has 0 unspecified atom stereocenters. The Morgan fingerprint density at radius 2 is 1.63 bits per heavy atom. The van der Waals surface area contributed by atoms with Gasteiger partial charge in [-0.1, -0.05) is 27.7 Å². The number of carbonyl (C=O) groups is 1. The largest absolute Gasteiger partial charge is 0.348 e. The second kappa shape index (κ2) is 4.30. The Hall–Kier alpha value is -1.42. The summed E-state index contributed by atoms with van der Waals surface area (Å²) < 4.78 is 12.8. The molecule has 1 aromatic rings. The van der Waals surface area contributed by atoms with Gasteiger partial charge in [0.15, 0.2) is 0 Å². The smallest absolute Gasteiger partial charge is 0.251 e. The van der Waals surface area contributed by atoms with Crippen LogP contribution < -0.4 is 11.1 Å². The predicted molar refractivity (Wildman–Crippen MR) is 73.2 cm³/mol. The molecule has 0 radical (unpaired) electrons. The lowest BCUT2D eigenvalue weighted by Crippen LogP contribution is -2.76. The minimum Gasteiger partial charge on any atom is -0.348 e. The third-order valence-electron chi connectivity index (χ3n) is 4.47. The molecule has 0 aromatic heterocycles. The summed E-state index contributed by atoms with van der Waals surface area (Å²) in [6, 6.07) is 5.60. The Labute approximate surface area is 113 Å². The van der Waals surface area contributed by atoms with Crippen LogP contribution >= 0.6 is 0 Å². The molecule has 0 saturated heterocycles. The average molecular weight is 264 g/mol. The molecule has 1 aromatic carbocycles. The molecule has 0 atom stereocenters. The topological polar surface area (TPSA) is 55.1 Å². The highest BCUT2D eigenvalue weighted by Crippen LogP contribution is 2.52. The van der Waals surface area contributed by atoms with Crippen molar-refractivity contribution >= 4 is 5.91 Å². The van der Waals surface area contributed by atoms with Gasteiger partial charge in [0, 0.05) is 28.5 Å². The molecule has 19 heavy (non-hydrogen) atoms. The van der Waals surface area contributed by atoms with Gasteiger partial charge in [0.2, 0.25) is 0 Å². The molecule has 1 amide bonds. The van der Waals surface area contributed by atoms with Crippen molar-refractivity contribution < 1.29 is 9.18 Å². The minimum absolute atomic E-state index is 0.00699. The summed E-state index contributed by atoms with van der Waals surface area (Å²) in [7, 11) is 0. The van der Waals surface area contributed by atoms with E-state index < -0.39 is 0 Å². The first-order chi connectivity index (χ1) is 8.67. The predicted octanol–water partition coefficient (Wildman–Crippen LogP) is 2.32. The van der Waals surface area contributed by atoms with Gasteiger partial charge < -0.3 is 11.1 Å². The third kappa shape index (κ3) is 2.14. The van der Waals surface area contributed by atoms with E-state index in [1.165, 1.54) is 24.3 Å². The highest BCUT2D eigenvalue weighted by molar-refractivity contribution is 5.94. The Morgan fingerprint density at radius 3 is 2.11 bits per heavy atom. The highest BCUT2D eigenvalue weighted by atomic mass is 19.1. The van der Waals surface area contributed by atoms with Crippen LogP contribution in [-0.4, -0.2) is 18.0 Å². The molecule has 0 heterocycles. The van der Waals surface area contributed by atoms with Crippen LogP contribution in [0.25, 0.3) is 0 Å². The molecule has 1 aliphatic rings. The van der Waals surface area contributed by atoms with Crippen LogP contribution in [0.15, 0.2) is 24.3 Å². The molecule has 2 rings (SSSR count). The van der Waals surface area contributed by atoms with E-state index in [1.807, 2.05) is 0 Å². The van der Waals surface area contributed by atoms with Crippen molar-refractivity contribution in [1.82, 2.24) is 5.32 Å². The van der Waals surface area contributed by atoms with Crippen molar-refractivity contribution in [1.29, 1.82) is 0 Å². The SMILES string of the molecule is CC1(C)C(N)C(C)(C)C1NC(=O)c1ccc(F)cc1. The van der Waals surface area contributed by atoms with Gasteiger partial charge in [0.1, 0.15) is 5.82 Å². The Kier molecular flexibility index (Phi) is 3.17. The zero-order chi connectivity index (χ0) is 14.4. The van der Waals surface area contributed by atoms with E-state index in [0.717, 1.165) is 0 Å². The van der Waals surface area contributed by atoms with E-state index >= 15 is 0 Å². The fourth-order valence-electron chi connectivity index (χ4n) is 3.37. The Bertz CT molecular complexity index is 477. The molecule has 104 valence electrons. The number of rotatable bonds is 2. The lowest BCUT2D eigenvalue weighted by Gasteiger charge is -2.62. The summed E-state index contributed by atoms with van der Waals surface area (Å²) >= 11 is 0. The van der Waals surface area contributed by atoms with Crippen molar-refractivity contribution in [2.24, 2.45) is 16.6 Å². The normalized spacial score (nSPS) is 27.5. The fraction of sp³-hybridized carbons (Fsp3) is 0.533. The van der Waals surface area contributed by atoms with E-state index in [1.54, 1.807) is 0 Å². The van der Waals surface area contributed by atoms with E-state index in [0.29, 0.717) is 5.56 Å². The maximum absolute atomic E-state index is 12.8. The van der Waals surface area contributed by atoms with E-state index in [-0.39, 0.29) is 34.6 Å². The lowest BCUT2D eigenvalue weighted by molar-refractivity contribution is -0.0663. The number of hydrogen-bond donors (Lipinski definition) is 2. The molecular formula is C15H21FN2O. The zero-order valence-electron chi connectivity index (χ0n) is 11.8. The van der Waals surface area contributed by atoms with Gasteiger partial charge in [-0.05, 0) is 24.3 Å². The molecule has 0 aliphatic heterocycles. The second-order valence-electron chi connectivity index (χ2n) is 6.53. The van der Waals surface area contributed by atoms with Crippen LogP contribution in [0.1, 0.15) is 38.1 Å². The minimum atomic E-state index is -0.345. The second-order valence-corrected chi connectivity index (χ2v) is 6.53. The van der Waals surface area contributed by atoms with E-state index in [9.17, 15) is 9.18 Å². The summed E-state index contributed by atoms with van der Waals surface area (Å²) in [6.07, 6.45) is 0. The van der Waals surface area contributed by atoms with Crippen molar-refractivity contribution in [3.63, 3.8) is 0 Å². The molecule has 4 heteroatoms. The van der Waals surface area contributed by atoms with Crippen LogP contribution in [0.2, 0.25) is 0 Å². The van der Waals surface area contributed by atoms with E-state index in [2.05, 4.69) is 33.0 Å². The van der Waals surface area contributed by atoms with Gasteiger partial charge >= 0.3 is 0 Å². The van der Waals surface area contributed by atoms with Gasteiger partial charge in [-0.3, -0.25) is 4.79 Å². The summed E-state index contributed by atoms with van der Waals surface area (Å²) in [6.45, 7) is 8.22. The number of nitrogens with one attached hydrogen (secondary N) is 1. The summed E-state index contributed by atoms with van der Waals surface area (Å²) in [4.78, 5) is 12.2. The number of halogens is 1. The summed E-state index contributed by atoms with van der Waals surface area (Å²) in [5.41, 5.74) is 6.34. The van der Waals surface area contributed by atoms with Crippen LogP contribution in [0.3, 0.4) is 0 Å². The van der Waals surface area contributed by atoms with Crippen LogP contribution in [0.5, 0.6) is 0 Å². The van der Waals surface area contributed by atoms with Gasteiger partial charge in [0.05, 0.1) is 0 Å². The van der Waals surface area contributed by atoms with Crippen molar-refractivity contribution in [2.75, 3.05) is 0 Å². The molecule has 0 spiro atoms. The molecule has 3 nitrogen and oxygen atoms in total. The number of hydrogen-bond acceptors (Lipinski definition) is 2. The van der Waals surface area contributed by atoms with Crippen molar-refractivity contribution in [3.8, 4) is 0 Å². The standard InChI is InChI=1S/C15H21FN2O/c1-14(2)12(17)15(3,4)13(14)18-11(19)9-5-7-10(16)8-6-9/h5-8,12-13H,17H2,1-4H3,(H,18,19). The van der Waals surface area contributed by atoms with Crippen LogP contribution in [0.4, 0.5) is 4.39 Å². The van der Waals surface area contributed by atoms with E-state index in [4.69, 9.17) is 5.73 Å². The maximum Gasteiger partial charge on any atom is 0.251 e. The monoisotopic (exact) mass is 264 g/mol. The van der Waals surface area contributed by atoms with Crippen molar-refractivity contribution in [3.05, 3.63) is 35.6 Å². The third-order valence-corrected chi connectivity index (χ3v) is 4.47. The number of nitrogens with two attached hydrogens (primary N) is 1. The zero-order valence-corrected chi connectivity index (χ0v) is 11.8. The fourth-order valence-corrected chi connectivity index (χ4v) is 3.37. The van der Waals surface area contributed by atoms with Gasteiger partial charge in [-0.15, -0.1) is 0 Å². The number of amides is 1. The summed E-state index contributed by atoms with van der Waals surface area (Å²) in [5, 5.41) is 3.02. The average Bonchev–Trinajstić information content (AvgIpc) is 2.35. The molecule has 1 fully saturated rings. The molecule has 3 N–H and O–H groups in total. The van der Waals surface area contributed by atoms with Gasteiger partial charge in [-0.25, -0.2) is 4.39 Å². The first kappa shape index (κ1) is 14.0. The quantitative estimate of drug-likeness (QED) is 0.861. The Morgan fingerprint density at radius 1 is 1.16 bits per heavy atom. The molecular weight excluding hydrogens is 243 g/mol. The first-order valence-corrected chi connectivity index (χ1v) is 6.49. The van der Waals surface area contributed by atoms with Crippen LogP contribution in [-0.2, 0) is 0 Å². The number of carbonyl (C=O) groups excluding carboxylic acids is 1. The number of benzene rings is 1. The van der Waals surface area contributed by atoms with Gasteiger partial charge in [-0.2, -0.15) is 0 Å². The maximum atomic E-state index is 12.8. The molecule has 0 bridgehead atoms. The van der Waals surface area contributed by atoms with Crippen molar-refractivity contribution in [2.45, 2.75) is 39.8 Å². The van der Waals surface area contributed by atoms with Gasteiger partial charge in [0.25, 0.3) is 5.91 Å². The first-order valence-electron chi connectivity index (χ1n) is 6.49. The lowest BCUT2D eigenvalue weighted by atomic mass is 9.48. The van der Waals surface area contributed by atoms with Crippen LogP contribution in [0, 0.1) is 16.6 Å². The Balaban J connectivity index is 2.13.